The molecule has 0 radical (unpaired) electrons. The van der Waals surface area contributed by atoms with Gasteiger partial charge in [-0.05, 0) is 77.4 Å². The lowest BCUT2D eigenvalue weighted by atomic mass is 9.99. The van der Waals surface area contributed by atoms with E-state index in [-0.39, 0.29) is 0 Å². The molecule has 5 heterocycles. The van der Waals surface area contributed by atoms with Crippen molar-refractivity contribution in [3.8, 4) is 33.4 Å². The van der Waals surface area contributed by atoms with Crippen LogP contribution in [0.5, 0.6) is 0 Å². The summed E-state index contributed by atoms with van der Waals surface area (Å²) in [5.41, 5.74) is 12.9. The topological polar surface area (TPSA) is 57.4 Å². The second-order valence-electron chi connectivity index (χ2n) is 10.7. The number of benzene rings is 3. The Morgan fingerprint density at radius 3 is 1.91 bits per heavy atom. The van der Waals surface area contributed by atoms with Crippen molar-refractivity contribution in [2.24, 2.45) is 0 Å². The van der Waals surface area contributed by atoms with E-state index in [1.54, 1.807) is 0 Å². The van der Waals surface area contributed by atoms with Crippen molar-refractivity contribution in [3.63, 3.8) is 0 Å². The first kappa shape index (κ1) is 26.5. The number of rotatable bonds is 3. The van der Waals surface area contributed by atoms with Crippen molar-refractivity contribution >= 4 is 69.6 Å². The highest BCUT2D eigenvalue weighted by molar-refractivity contribution is 6.35. The van der Waals surface area contributed by atoms with E-state index in [4.69, 9.17) is 33.2 Å². The van der Waals surface area contributed by atoms with Crippen molar-refractivity contribution in [3.05, 3.63) is 142 Å². The molecule has 8 rings (SSSR count). The van der Waals surface area contributed by atoms with E-state index < -0.39 is 0 Å². The van der Waals surface area contributed by atoms with Crippen LogP contribution in [0.2, 0.25) is 10.0 Å². The molecule has 8 bridgehead atoms. The molecule has 6 aromatic rings. The second kappa shape index (κ2) is 10.8. The fraction of sp³-hybridized carbons (Fsp3) is 0. The molecular weight excluding hydrogens is 583 g/mol. The predicted octanol–water partition coefficient (Wildman–Crippen LogP) is 11.0. The van der Waals surface area contributed by atoms with Gasteiger partial charge in [-0.25, -0.2) is 9.97 Å². The van der Waals surface area contributed by atoms with Gasteiger partial charge in [0.25, 0.3) is 0 Å². The summed E-state index contributed by atoms with van der Waals surface area (Å²) in [5.74, 6) is 0. The maximum absolute atomic E-state index is 6.92. The van der Waals surface area contributed by atoms with E-state index in [1.165, 1.54) is 0 Å². The number of fused-ring (bicyclic) bond motifs is 8. The molecule has 2 aliphatic heterocycles. The van der Waals surface area contributed by atoms with Crippen molar-refractivity contribution in [2.45, 2.75) is 0 Å². The van der Waals surface area contributed by atoms with Crippen molar-refractivity contribution in [1.82, 2.24) is 19.9 Å². The molecule has 0 fully saturated rings. The summed E-state index contributed by atoms with van der Waals surface area (Å²) >= 11 is 13.4. The second-order valence-corrected chi connectivity index (χ2v) is 11.5. The van der Waals surface area contributed by atoms with Gasteiger partial charge in [-0.2, -0.15) is 0 Å². The normalized spacial score (nSPS) is 12.1. The van der Waals surface area contributed by atoms with Crippen LogP contribution in [0.1, 0.15) is 22.8 Å². The molecule has 210 valence electrons. The summed E-state index contributed by atoms with van der Waals surface area (Å²) in [4.78, 5) is 17.4. The molecule has 0 aliphatic carbocycles. The average Bonchev–Trinajstić information content (AvgIpc) is 3.87. The zero-order chi connectivity index (χ0) is 29.6. The zero-order valence-electron chi connectivity index (χ0n) is 23.4. The summed E-state index contributed by atoms with van der Waals surface area (Å²) in [7, 11) is 0. The SMILES string of the molecule is Clc1cccc(-c2cc3cc4nc(c(Cl)c5ccc([nH]5)c(-c5ccccc5)c5nc(c(-c6ccccc6)c2[nH]3)C=C5)C=C4)c1. The average molecular weight is 608 g/mol. The van der Waals surface area contributed by atoms with Crippen LogP contribution in [-0.2, 0) is 0 Å². The lowest BCUT2D eigenvalue weighted by Gasteiger charge is -2.07. The highest BCUT2D eigenvalue weighted by Gasteiger charge is 2.18. The summed E-state index contributed by atoms with van der Waals surface area (Å²) in [5, 5.41) is 1.23. The molecule has 0 spiro atoms. The van der Waals surface area contributed by atoms with Gasteiger partial charge in [-0.3, -0.25) is 0 Å². The number of hydrogen-bond donors (Lipinski definition) is 2. The van der Waals surface area contributed by atoms with Crippen LogP contribution in [0.3, 0.4) is 0 Å². The molecular formula is C38H24Cl2N4. The van der Waals surface area contributed by atoms with Gasteiger partial charge in [-0.1, -0.05) is 96.0 Å². The monoisotopic (exact) mass is 606 g/mol. The molecule has 44 heavy (non-hydrogen) atoms. The maximum atomic E-state index is 6.92. The van der Waals surface area contributed by atoms with Crippen LogP contribution in [0.4, 0.5) is 0 Å². The van der Waals surface area contributed by atoms with Crippen LogP contribution < -0.4 is 0 Å². The Bertz CT molecular complexity index is 2300. The van der Waals surface area contributed by atoms with Crippen LogP contribution in [0.15, 0.2) is 109 Å². The van der Waals surface area contributed by atoms with Gasteiger partial charge in [0, 0.05) is 32.7 Å². The first-order valence-corrected chi connectivity index (χ1v) is 15.1. The van der Waals surface area contributed by atoms with Gasteiger partial charge in [0.15, 0.2) is 0 Å². The lowest BCUT2D eigenvalue weighted by Crippen LogP contribution is -1.89. The van der Waals surface area contributed by atoms with Crippen LogP contribution in [-0.4, -0.2) is 19.9 Å². The van der Waals surface area contributed by atoms with E-state index >= 15 is 0 Å². The molecule has 0 atom stereocenters. The van der Waals surface area contributed by atoms with Gasteiger partial charge in [-0.15, -0.1) is 0 Å². The minimum absolute atomic E-state index is 0.554. The molecule has 0 amide bonds. The molecule has 2 N–H and O–H groups in total. The maximum Gasteiger partial charge on any atom is 0.0897 e. The Kier molecular flexibility index (Phi) is 6.52. The van der Waals surface area contributed by atoms with Crippen molar-refractivity contribution in [2.75, 3.05) is 0 Å². The summed E-state index contributed by atoms with van der Waals surface area (Å²) in [6.07, 6.45) is 8.11. The first-order valence-electron chi connectivity index (χ1n) is 14.3. The van der Waals surface area contributed by atoms with Crippen LogP contribution in [0.25, 0.3) is 79.8 Å². The molecule has 0 saturated carbocycles. The summed E-state index contributed by atoms with van der Waals surface area (Å²) in [6, 6.07) is 36.8. The van der Waals surface area contributed by atoms with Crippen LogP contribution in [0, 0.1) is 0 Å². The minimum atomic E-state index is 0.554. The summed E-state index contributed by atoms with van der Waals surface area (Å²) in [6.45, 7) is 0. The number of aromatic amines is 2. The van der Waals surface area contributed by atoms with Gasteiger partial charge in [0.2, 0.25) is 0 Å². The smallest absolute Gasteiger partial charge is 0.0897 e. The third-order valence-electron chi connectivity index (χ3n) is 7.88. The van der Waals surface area contributed by atoms with E-state index in [9.17, 15) is 0 Å². The Morgan fingerprint density at radius 2 is 1.16 bits per heavy atom. The third kappa shape index (κ3) is 4.75. The molecule has 3 aromatic heterocycles. The Morgan fingerprint density at radius 1 is 0.500 bits per heavy atom. The number of nitrogens with one attached hydrogen (secondary N) is 2. The van der Waals surface area contributed by atoms with Crippen molar-refractivity contribution in [1.29, 1.82) is 0 Å². The minimum Gasteiger partial charge on any atom is -0.354 e. The fourth-order valence-electron chi connectivity index (χ4n) is 5.89. The third-order valence-corrected chi connectivity index (χ3v) is 8.52. The Hall–Kier alpha value is -5.16. The molecule has 4 nitrogen and oxygen atoms in total. The number of H-pyrrole nitrogens is 2. The molecule has 2 aliphatic rings. The van der Waals surface area contributed by atoms with E-state index in [2.05, 4.69) is 76.7 Å². The standard InChI is InChI=1S/C38H24Cl2N4/c39-26-13-7-12-25(20-26)29-22-28-21-27-14-15-33(41-27)37(40)34-19-18-31(44-34)35(23-8-3-1-4-9-23)30-16-17-32(43-30)36(38(29)42-28)24-10-5-2-6-11-24/h1-22,42,44H. The number of nitrogens with zero attached hydrogens (tertiary/aromatic N) is 2. The molecule has 0 saturated heterocycles. The van der Waals surface area contributed by atoms with Crippen LogP contribution >= 0.6 is 23.2 Å². The number of hydrogen-bond acceptors (Lipinski definition) is 2. The van der Waals surface area contributed by atoms with Gasteiger partial charge in [0.1, 0.15) is 0 Å². The summed E-state index contributed by atoms with van der Waals surface area (Å²) < 4.78 is 0. The Labute approximate surface area is 264 Å². The highest BCUT2D eigenvalue weighted by Crippen LogP contribution is 2.39. The van der Waals surface area contributed by atoms with Gasteiger partial charge < -0.3 is 9.97 Å². The number of aromatic nitrogens is 4. The van der Waals surface area contributed by atoms with E-state index in [1.807, 2.05) is 66.7 Å². The number of halogens is 2. The molecule has 0 unspecified atom stereocenters. The van der Waals surface area contributed by atoms with E-state index in [0.29, 0.717) is 15.7 Å². The van der Waals surface area contributed by atoms with E-state index in [0.717, 1.165) is 72.5 Å². The van der Waals surface area contributed by atoms with Gasteiger partial charge >= 0.3 is 0 Å². The Balaban J connectivity index is 1.58. The van der Waals surface area contributed by atoms with Crippen molar-refractivity contribution < 1.29 is 0 Å². The quantitative estimate of drug-likeness (QED) is 0.210. The first-order chi connectivity index (χ1) is 21.6. The molecule has 6 heteroatoms. The largest absolute Gasteiger partial charge is 0.354 e. The van der Waals surface area contributed by atoms with Gasteiger partial charge in [0.05, 0.1) is 38.8 Å². The zero-order valence-corrected chi connectivity index (χ0v) is 24.9. The lowest BCUT2D eigenvalue weighted by molar-refractivity contribution is 1.31. The fourth-order valence-corrected chi connectivity index (χ4v) is 6.30. The molecule has 3 aromatic carbocycles. The predicted molar refractivity (Wildman–Crippen MR) is 185 cm³/mol. The highest BCUT2D eigenvalue weighted by atomic mass is 35.5.